The van der Waals surface area contributed by atoms with E-state index in [9.17, 15) is 45.6 Å². The summed E-state index contributed by atoms with van der Waals surface area (Å²) >= 11 is 0. The number of nitrogens with one attached hydrogen (secondary N) is 1. The Morgan fingerprint density at radius 2 is 1.72 bits per heavy atom. The summed E-state index contributed by atoms with van der Waals surface area (Å²) in [6.07, 6.45) is -14.3. The minimum absolute atomic E-state index is 0.332. The van der Waals surface area contributed by atoms with Crippen LogP contribution in [0.1, 0.15) is 0 Å². The Morgan fingerprint density at radius 1 is 1.03 bits per heavy atom. The van der Waals surface area contributed by atoms with Crippen LogP contribution in [0.25, 0.3) is 0 Å². The minimum atomic E-state index is -2.31. The molecule has 2 aliphatic heterocycles. The molecule has 0 aromatic rings. The van der Waals surface area contributed by atoms with Crippen molar-refractivity contribution in [2.24, 2.45) is 5.73 Å². The molecule has 2 saturated heterocycles. The highest BCUT2D eigenvalue weighted by Gasteiger charge is 2.58. The van der Waals surface area contributed by atoms with E-state index in [0.29, 0.717) is 0 Å². The second kappa shape index (κ2) is 11.7. The minimum Gasteiger partial charge on any atom is -0.394 e. The fraction of sp³-hybridized carbons (Fsp3) is 0.938. The van der Waals surface area contributed by atoms with Gasteiger partial charge in [0.15, 0.2) is 6.29 Å². The Labute approximate surface area is 181 Å². The molecule has 32 heavy (non-hydrogen) atoms. The van der Waals surface area contributed by atoms with E-state index >= 15 is 0 Å². The summed E-state index contributed by atoms with van der Waals surface area (Å²) in [6.45, 7) is -3.10. The molecule has 11 N–H and O–H groups in total. The lowest BCUT2D eigenvalue weighted by Crippen LogP contribution is -2.63. The zero-order valence-electron chi connectivity index (χ0n) is 16.8. The maximum atomic E-state index is 10.6. The molecule has 2 heterocycles. The van der Waals surface area contributed by atoms with Crippen LogP contribution in [0.15, 0.2) is 0 Å². The number of aliphatic hydroxyl groups excluding tert-OH is 8. The highest BCUT2D eigenvalue weighted by molar-refractivity contribution is 5.70. The van der Waals surface area contributed by atoms with Crippen molar-refractivity contribution in [3.63, 3.8) is 0 Å². The number of hydrogen-bond acceptors (Lipinski definition) is 14. The van der Waals surface area contributed by atoms with E-state index in [1.54, 1.807) is 0 Å². The van der Waals surface area contributed by atoms with Crippen LogP contribution in [0.5, 0.6) is 0 Å². The summed E-state index contributed by atoms with van der Waals surface area (Å²) in [6, 6.07) is -0.979. The molecule has 10 atom stereocenters. The van der Waals surface area contributed by atoms with Gasteiger partial charge in [-0.1, -0.05) is 0 Å². The Morgan fingerprint density at radius 3 is 2.25 bits per heavy atom. The van der Waals surface area contributed by atoms with Crippen LogP contribution in [-0.4, -0.2) is 141 Å². The molecule has 0 aromatic heterocycles. The van der Waals surface area contributed by atoms with Gasteiger partial charge < -0.3 is 65.5 Å². The number of hydroxylamine groups is 1. The first-order valence-electron chi connectivity index (χ1n) is 9.63. The molecule has 0 aromatic carbocycles. The number of primary amides is 1. The predicted molar refractivity (Wildman–Crippen MR) is 97.1 cm³/mol. The summed E-state index contributed by atoms with van der Waals surface area (Å²) in [7, 11) is 0. The van der Waals surface area contributed by atoms with E-state index in [0.717, 1.165) is 0 Å². The molecule has 0 saturated carbocycles. The Balaban J connectivity index is 2.04. The van der Waals surface area contributed by atoms with Crippen molar-refractivity contribution in [3.8, 4) is 0 Å². The Kier molecular flexibility index (Phi) is 9.91. The number of carbonyl (C=O) groups excluding carboxylic acids is 1. The monoisotopic (exact) mass is 474 g/mol. The van der Waals surface area contributed by atoms with Gasteiger partial charge in [0.25, 0.3) is 0 Å². The number of amides is 2. The maximum Gasteiger partial charge on any atom is 0.336 e. The Bertz CT molecular complexity index is 601. The van der Waals surface area contributed by atoms with Crippen LogP contribution in [0.2, 0.25) is 0 Å². The first-order valence-corrected chi connectivity index (χ1v) is 9.63. The van der Waals surface area contributed by atoms with Gasteiger partial charge in [-0.25, -0.2) is 10.3 Å². The van der Waals surface area contributed by atoms with Gasteiger partial charge in [-0.05, 0) is 0 Å². The molecule has 16 nitrogen and oxygen atoms in total. The van der Waals surface area contributed by atoms with Crippen molar-refractivity contribution in [2.75, 3.05) is 33.0 Å². The van der Waals surface area contributed by atoms with Crippen LogP contribution < -0.4 is 11.2 Å². The van der Waals surface area contributed by atoms with E-state index in [-0.39, 0.29) is 6.61 Å². The first kappa shape index (κ1) is 27.0. The van der Waals surface area contributed by atoms with E-state index in [1.165, 1.54) is 0 Å². The quantitative estimate of drug-likeness (QED) is 0.125. The molecule has 16 heteroatoms. The van der Waals surface area contributed by atoms with E-state index in [2.05, 4.69) is 4.84 Å². The number of rotatable bonds is 11. The van der Waals surface area contributed by atoms with Gasteiger partial charge >= 0.3 is 6.03 Å². The highest BCUT2D eigenvalue weighted by Crippen LogP contribution is 2.36. The third kappa shape index (κ3) is 6.00. The number of aliphatic hydroxyl groups is 8. The van der Waals surface area contributed by atoms with Crippen molar-refractivity contribution < 1.29 is 69.4 Å². The van der Waals surface area contributed by atoms with Crippen molar-refractivity contribution in [1.29, 1.82) is 0 Å². The van der Waals surface area contributed by atoms with Gasteiger partial charge in [-0.2, -0.15) is 0 Å². The lowest BCUT2D eigenvalue weighted by Gasteiger charge is -2.43. The van der Waals surface area contributed by atoms with Gasteiger partial charge in [0.2, 0.25) is 5.79 Å². The number of ether oxygens (including phenoxy) is 4. The predicted octanol–water partition coefficient (Wildman–Crippen LogP) is -6.41. The molecule has 1 unspecified atom stereocenters. The number of carbonyl (C=O) groups is 1. The van der Waals surface area contributed by atoms with Crippen molar-refractivity contribution >= 4 is 6.03 Å². The topological polar surface area (TPSA) is 263 Å². The van der Waals surface area contributed by atoms with E-state index < -0.39 is 93.4 Å². The second-order valence-electron chi connectivity index (χ2n) is 7.29. The molecule has 0 radical (unpaired) electrons. The third-order valence-electron chi connectivity index (χ3n) is 5.03. The zero-order chi connectivity index (χ0) is 24.1. The molecule has 188 valence electrons. The van der Waals surface area contributed by atoms with Crippen LogP contribution >= 0.6 is 0 Å². The normalized spacial score (nSPS) is 40.9. The SMILES string of the molecule is NC(=O)NOCC(CO)OC[C@H]1O[C@H](O[C@]2(CO)O[C@H](CO)[C@@H](O)[C@@H]2O)[C@H](O)[C@@H](O)[C@@H]1O. The van der Waals surface area contributed by atoms with Gasteiger partial charge in [-0.3, -0.25) is 4.84 Å². The number of urea groups is 1. The van der Waals surface area contributed by atoms with Crippen molar-refractivity contribution in [2.45, 2.75) is 60.9 Å². The standard InChI is InChI=1S/C16H30N2O14/c17-15(27)18-29-3-6(1-19)28-4-8-9(22)11(24)12(25)14(30-8)32-16(5-21)13(26)10(23)7(2-20)31-16/h6-14,19-26H,1-5H2,(H3,17,18,27)/t6?,7-,8-,9-,10-,11+,12-,13+,14-,16+/m1/s1. The molecular formula is C16H30N2O14. The van der Waals surface area contributed by atoms with E-state index in [4.69, 9.17) is 24.7 Å². The average molecular weight is 474 g/mol. The van der Waals surface area contributed by atoms with Crippen LogP contribution in [-0.2, 0) is 23.8 Å². The number of nitrogens with two attached hydrogens (primary N) is 1. The summed E-state index contributed by atoms with van der Waals surface area (Å²) in [4.78, 5) is 15.3. The lowest BCUT2D eigenvalue weighted by molar-refractivity contribution is -0.384. The summed E-state index contributed by atoms with van der Waals surface area (Å²) in [5.74, 6) is -2.31. The van der Waals surface area contributed by atoms with Gasteiger partial charge in [0.1, 0.15) is 62.0 Å². The smallest absolute Gasteiger partial charge is 0.336 e. The van der Waals surface area contributed by atoms with Crippen LogP contribution in [0.4, 0.5) is 4.79 Å². The first-order chi connectivity index (χ1) is 15.1. The molecular weight excluding hydrogens is 444 g/mol. The fourth-order valence-electron chi connectivity index (χ4n) is 3.21. The third-order valence-corrected chi connectivity index (χ3v) is 5.03. The summed E-state index contributed by atoms with van der Waals surface area (Å²) in [5, 5.41) is 78.9. The maximum absolute atomic E-state index is 10.6. The van der Waals surface area contributed by atoms with Gasteiger partial charge in [-0.15, -0.1) is 0 Å². The summed E-state index contributed by atoms with van der Waals surface area (Å²) in [5.41, 5.74) is 6.64. The van der Waals surface area contributed by atoms with Gasteiger partial charge in [0.05, 0.1) is 19.8 Å². The van der Waals surface area contributed by atoms with Gasteiger partial charge in [0, 0.05) is 0 Å². The molecule has 2 rings (SSSR count). The largest absolute Gasteiger partial charge is 0.394 e. The van der Waals surface area contributed by atoms with Crippen molar-refractivity contribution in [1.82, 2.24) is 5.48 Å². The highest BCUT2D eigenvalue weighted by atomic mass is 16.8. The van der Waals surface area contributed by atoms with Crippen LogP contribution in [0.3, 0.4) is 0 Å². The molecule has 2 fully saturated rings. The number of hydrogen-bond donors (Lipinski definition) is 10. The summed E-state index contributed by atoms with van der Waals surface area (Å²) < 4.78 is 21.3. The second-order valence-corrected chi connectivity index (χ2v) is 7.29. The van der Waals surface area contributed by atoms with E-state index in [1.807, 2.05) is 5.48 Å². The molecule has 0 spiro atoms. The fourth-order valence-corrected chi connectivity index (χ4v) is 3.21. The average Bonchev–Trinajstić information content (AvgIpc) is 3.01. The lowest BCUT2D eigenvalue weighted by atomic mass is 9.99. The molecule has 0 aliphatic carbocycles. The molecule has 2 amide bonds. The molecule has 0 bridgehead atoms. The molecule has 2 aliphatic rings. The zero-order valence-corrected chi connectivity index (χ0v) is 16.8. The van der Waals surface area contributed by atoms with Crippen molar-refractivity contribution in [3.05, 3.63) is 0 Å². The van der Waals surface area contributed by atoms with Crippen LogP contribution in [0, 0.1) is 0 Å². The Hall–Kier alpha value is -1.25.